The van der Waals surface area contributed by atoms with E-state index in [1.807, 2.05) is 0 Å². The lowest BCUT2D eigenvalue weighted by molar-refractivity contribution is -0.282. The Kier molecular flexibility index (Phi) is 8.59. The van der Waals surface area contributed by atoms with E-state index < -0.39 is 62.7 Å². The molecule has 152 valence electrons. The fraction of sp³-hybridized carbons (Fsp3) is 0.533. The van der Waals surface area contributed by atoms with Crippen LogP contribution in [-0.2, 0) is 13.9 Å². The van der Waals surface area contributed by atoms with Gasteiger partial charge in [0, 0.05) is 0 Å². The molecule has 0 bridgehead atoms. The standard InChI is InChI=1S/C15H18F5NO5Si/c1-8(2)23-14(24-9(3)4)26-27-15(18,19)21(20)13(22)25-11-7-5-6-10(16)12(11)17/h5-9,14H,1-4H3. The van der Waals surface area contributed by atoms with Crippen LogP contribution in [0.25, 0.3) is 0 Å². The second-order valence-electron chi connectivity index (χ2n) is 5.62. The van der Waals surface area contributed by atoms with Crippen LogP contribution in [0.4, 0.5) is 26.8 Å². The normalized spacial score (nSPS) is 12.1. The molecule has 0 saturated heterocycles. The SMILES string of the molecule is CC(C)OC(O[Si]C(F)(F)N(F)C(=O)Oc1cccc(F)c1F)OC(C)C. The van der Waals surface area contributed by atoms with E-state index in [1.54, 1.807) is 27.7 Å². The molecule has 0 fully saturated rings. The summed E-state index contributed by atoms with van der Waals surface area (Å²) < 4.78 is 86.8. The van der Waals surface area contributed by atoms with Gasteiger partial charge in [0.05, 0.1) is 12.2 Å². The maximum Gasteiger partial charge on any atom is 0.448 e. The number of amides is 1. The first kappa shape index (κ1) is 23.3. The molecule has 0 spiro atoms. The third kappa shape index (κ3) is 7.40. The molecule has 0 aromatic heterocycles. The Hall–Kier alpha value is -1.76. The van der Waals surface area contributed by atoms with E-state index in [-0.39, 0.29) is 0 Å². The van der Waals surface area contributed by atoms with Gasteiger partial charge < -0.3 is 18.6 Å². The van der Waals surface area contributed by atoms with Crippen molar-refractivity contribution >= 4 is 15.9 Å². The minimum atomic E-state index is -4.47. The van der Waals surface area contributed by atoms with Gasteiger partial charge in [0.25, 0.3) is 6.48 Å². The van der Waals surface area contributed by atoms with Crippen molar-refractivity contribution in [1.82, 2.24) is 5.12 Å². The van der Waals surface area contributed by atoms with Gasteiger partial charge >= 0.3 is 21.5 Å². The Bertz CT molecular complexity index is 625. The Morgan fingerprint density at radius 1 is 1.11 bits per heavy atom. The minimum Gasteiger partial charge on any atom is -0.405 e. The van der Waals surface area contributed by atoms with E-state index in [1.165, 1.54) is 0 Å². The van der Waals surface area contributed by atoms with Gasteiger partial charge in [0.2, 0.25) is 5.82 Å². The lowest BCUT2D eigenvalue weighted by atomic mass is 10.3. The molecule has 0 aliphatic heterocycles. The van der Waals surface area contributed by atoms with Crippen LogP contribution in [0.1, 0.15) is 27.7 Å². The summed E-state index contributed by atoms with van der Waals surface area (Å²) in [6.07, 6.45) is -3.16. The summed E-state index contributed by atoms with van der Waals surface area (Å²) in [6, 6.07) is 2.42. The first-order valence-electron chi connectivity index (χ1n) is 7.67. The van der Waals surface area contributed by atoms with E-state index >= 15 is 0 Å². The van der Waals surface area contributed by atoms with Crippen LogP contribution >= 0.6 is 0 Å². The van der Waals surface area contributed by atoms with Gasteiger partial charge in [-0.25, -0.2) is 9.18 Å². The summed E-state index contributed by atoms with van der Waals surface area (Å²) in [7, 11) is -1.93. The number of hydrogen-bond acceptors (Lipinski definition) is 5. The van der Waals surface area contributed by atoms with Crippen molar-refractivity contribution in [2.45, 2.75) is 52.0 Å². The zero-order valence-electron chi connectivity index (χ0n) is 14.8. The highest BCUT2D eigenvalue weighted by molar-refractivity contribution is 6.31. The Balaban J connectivity index is 2.73. The van der Waals surface area contributed by atoms with Crippen LogP contribution in [0.3, 0.4) is 0 Å². The number of carbonyl (C=O) groups excluding carboxylic acids is 1. The molecule has 1 rings (SSSR count). The number of halogens is 5. The third-order valence-electron chi connectivity index (χ3n) is 2.56. The summed E-state index contributed by atoms with van der Waals surface area (Å²) in [5.74, 6) is -4.08. The molecule has 0 N–H and O–H groups in total. The Labute approximate surface area is 155 Å². The topological polar surface area (TPSA) is 57.2 Å². The fourth-order valence-corrected chi connectivity index (χ4v) is 2.02. The zero-order chi connectivity index (χ0) is 20.8. The molecule has 0 heterocycles. The first-order valence-corrected chi connectivity index (χ1v) is 8.58. The monoisotopic (exact) mass is 415 g/mol. The summed E-state index contributed by atoms with van der Waals surface area (Å²) in [4.78, 5) is 11.5. The Morgan fingerprint density at radius 3 is 2.19 bits per heavy atom. The molecule has 1 aromatic carbocycles. The van der Waals surface area contributed by atoms with E-state index in [9.17, 15) is 26.8 Å². The van der Waals surface area contributed by atoms with Crippen LogP contribution < -0.4 is 4.74 Å². The molecule has 12 heteroatoms. The predicted octanol–water partition coefficient (Wildman–Crippen LogP) is 3.97. The molecule has 0 atom stereocenters. The quantitative estimate of drug-likeness (QED) is 0.201. The summed E-state index contributed by atoms with van der Waals surface area (Å²) in [5, 5.41) is -1.59. The number of alkyl halides is 2. The minimum absolute atomic E-state index is 0.449. The molecule has 0 unspecified atom stereocenters. The fourth-order valence-electron chi connectivity index (χ4n) is 1.50. The van der Waals surface area contributed by atoms with Gasteiger partial charge in [-0.15, -0.1) is 0 Å². The number of benzene rings is 1. The summed E-state index contributed by atoms with van der Waals surface area (Å²) in [5.41, 5.74) is -4.47. The molecule has 6 nitrogen and oxygen atoms in total. The molecular formula is C15H18F5NO5Si. The smallest absolute Gasteiger partial charge is 0.405 e. The van der Waals surface area contributed by atoms with Crippen LogP contribution in [-0.4, -0.2) is 45.3 Å². The number of carbonyl (C=O) groups is 1. The van der Waals surface area contributed by atoms with E-state index in [4.69, 9.17) is 13.9 Å². The average Bonchev–Trinajstić information content (AvgIpc) is 2.55. The van der Waals surface area contributed by atoms with Gasteiger partial charge in [-0.3, -0.25) is 0 Å². The summed E-state index contributed by atoms with van der Waals surface area (Å²) >= 11 is 0. The maximum absolute atomic E-state index is 13.8. The Morgan fingerprint density at radius 2 is 1.67 bits per heavy atom. The molecule has 1 aromatic rings. The molecule has 27 heavy (non-hydrogen) atoms. The number of nitrogens with zero attached hydrogens (tertiary/aromatic N) is 1. The highest BCUT2D eigenvalue weighted by Gasteiger charge is 2.46. The van der Waals surface area contributed by atoms with Gasteiger partial charge in [-0.1, -0.05) is 15.7 Å². The van der Waals surface area contributed by atoms with Crippen molar-refractivity contribution < 1.29 is 45.5 Å². The summed E-state index contributed by atoms with van der Waals surface area (Å²) in [6.45, 7) is 4.84. The van der Waals surface area contributed by atoms with Crippen LogP contribution in [0.2, 0.25) is 0 Å². The van der Waals surface area contributed by atoms with Crippen molar-refractivity contribution in [2.24, 2.45) is 0 Å². The lowest BCUT2D eigenvalue weighted by Crippen LogP contribution is -2.48. The lowest BCUT2D eigenvalue weighted by Gasteiger charge is -2.26. The molecular weight excluding hydrogens is 397 g/mol. The van der Waals surface area contributed by atoms with Gasteiger partial charge in [0.1, 0.15) is 0 Å². The van der Waals surface area contributed by atoms with Crippen molar-refractivity contribution in [3.05, 3.63) is 29.8 Å². The average molecular weight is 415 g/mol. The number of rotatable bonds is 9. The maximum atomic E-state index is 13.8. The number of hydrogen-bond donors (Lipinski definition) is 0. The van der Waals surface area contributed by atoms with Crippen LogP contribution in [0.5, 0.6) is 5.75 Å². The third-order valence-corrected chi connectivity index (χ3v) is 3.32. The van der Waals surface area contributed by atoms with E-state index in [2.05, 4.69) is 4.74 Å². The van der Waals surface area contributed by atoms with Crippen molar-refractivity contribution in [1.29, 1.82) is 0 Å². The van der Waals surface area contributed by atoms with Crippen molar-refractivity contribution in [2.75, 3.05) is 0 Å². The second kappa shape index (κ2) is 9.97. The molecule has 0 saturated carbocycles. The van der Waals surface area contributed by atoms with Gasteiger partial charge in [0.15, 0.2) is 11.6 Å². The highest BCUT2D eigenvalue weighted by atomic mass is 28.2. The van der Waals surface area contributed by atoms with E-state index in [0.717, 1.165) is 12.1 Å². The largest absolute Gasteiger partial charge is 0.448 e. The van der Waals surface area contributed by atoms with Gasteiger partial charge in [-0.05, 0) is 39.8 Å². The second-order valence-corrected chi connectivity index (χ2v) is 6.66. The highest BCUT2D eigenvalue weighted by Crippen LogP contribution is 2.25. The molecule has 2 radical (unpaired) electrons. The molecule has 1 amide bonds. The molecule has 0 aliphatic carbocycles. The van der Waals surface area contributed by atoms with E-state index in [0.29, 0.717) is 6.07 Å². The van der Waals surface area contributed by atoms with Gasteiger partial charge in [-0.2, -0.15) is 13.2 Å². The van der Waals surface area contributed by atoms with Crippen LogP contribution in [0.15, 0.2) is 18.2 Å². The predicted molar refractivity (Wildman–Crippen MR) is 83.3 cm³/mol. The zero-order valence-corrected chi connectivity index (χ0v) is 15.8. The van der Waals surface area contributed by atoms with Crippen molar-refractivity contribution in [3.8, 4) is 5.75 Å². The van der Waals surface area contributed by atoms with Crippen LogP contribution in [0, 0.1) is 11.6 Å². The first-order chi connectivity index (χ1) is 12.4. The number of ether oxygens (including phenoxy) is 3. The molecule has 0 aliphatic rings. The van der Waals surface area contributed by atoms with Crippen molar-refractivity contribution in [3.63, 3.8) is 0 Å².